The minimum Gasteiger partial charge on any atom is -0.478 e. The SMILES string of the molecule is C[C@]12CC[C@H]3[C@@H](CC=C4c5sc(Nc6ccc(C(=O)O)cc6)nc5CC[C@@]43C)[C@@H]1CC[C@@H]2O. The van der Waals surface area contributed by atoms with E-state index in [4.69, 9.17) is 10.1 Å². The first-order valence-corrected chi connectivity index (χ1v) is 13.1. The molecule has 1 aromatic heterocycles. The van der Waals surface area contributed by atoms with Crippen molar-refractivity contribution in [2.75, 3.05) is 5.32 Å². The molecular weight excluding hydrogens is 432 g/mol. The normalized spacial score (nSPS) is 36.8. The van der Waals surface area contributed by atoms with E-state index in [1.807, 2.05) is 0 Å². The van der Waals surface area contributed by atoms with E-state index >= 15 is 0 Å². The molecule has 2 saturated carbocycles. The van der Waals surface area contributed by atoms with Gasteiger partial charge in [-0.1, -0.05) is 31.3 Å². The zero-order valence-electron chi connectivity index (χ0n) is 19.3. The number of allylic oxidation sites excluding steroid dienone is 2. The lowest BCUT2D eigenvalue weighted by Crippen LogP contribution is -2.50. The lowest BCUT2D eigenvalue weighted by Gasteiger charge is -2.56. The van der Waals surface area contributed by atoms with E-state index in [9.17, 15) is 9.90 Å². The maximum Gasteiger partial charge on any atom is 0.335 e. The van der Waals surface area contributed by atoms with Gasteiger partial charge in [-0.25, -0.2) is 9.78 Å². The first-order valence-electron chi connectivity index (χ1n) is 12.3. The Hall–Kier alpha value is -2.18. The average Bonchev–Trinajstić information content (AvgIpc) is 3.34. The largest absolute Gasteiger partial charge is 0.478 e. The highest BCUT2D eigenvalue weighted by Gasteiger charge is 2.58. The van der Waals surface area contributed by atoms with E-state index in [2.05, 4.69) is 25.2 Å². The molecule has 0 radical (unpaired) electrons. The molecule has 1 aromatic carbocycles. The number of aryl methyl sites for hydroxylation is 1. The number of aliphatic hydroxyl groups is 1. The standard InChI is InChI=1S/C27H32N2O3S/c1-26-14-12-21-23(33-25(29-21)28-16-5-3-15(4-6-16)24(31)32)20(26)8-7-17-18-9-10-22(30)27(18,2)13-11-19(17)26/h3-6,8,17-19,22,30H,7,9-14H2,1-2H3,(H,28,29)(H,31,32)/t17-,18-,19-,22-,26+,27-/m0/s1. The number of aromatic nitrogens is 1. The second-order valence-electron chi connectivity index (χ2n) is 11.1. The van der Waals surface area contributed by atoms with Crippen LogP contribution in [0.25, 0.3) is 5.57 Å². The number of carbonyl (C=O) groups is 1. The van der Waals surface area contributed by atoms with E-state index in [0.29, 0.717) is 17.8 Å². The number of rotatable bonds is 3. The predicted molar refractivity (Wildman–Crippen MR) is 131 cm³/mol. The molecule has 6 rings (SSSR count). The summed E-state index contributed by atoms with van der Waals surface area (Å²) in [6.45, 7) is 4.83. The highest BCUT2D eigenvalue weighted by Crippen LogP contribution is 2.66. The second kappa shape index (κ2) is 7.41. The van der Waals surface area contributed by atoms with Crippen LogP contribution in [0.1, 0.15) is 73.3 Å². The Kier molecular flexibility index (Phi) is 4.80. The molecule has 5 nitrogen and oxygen atoms in total. The molecule has 6 heteroatoms. The van der Waals surface area contributed by atoms with Crippen LogP contribution in [0.3, 0.4) is 0 Å². The van der Waals surface area contributed by atoms with Crippen molar-refractivity contribution in [3.8, 4) is 0 Å². The fraction of sp³-hybridized carbons (Fsp3) is 0.556. The number of benzene rings is 1. The van der Waals surface area contributed by atoms with Crippen molar-refractivity contribution in [1.29, 1.82) is 0 Å². The van der Waals surface area contributed by atoms with E-state index < -0.39 is 5.97 Å². The van der Waals surface area contributed by atoms with Crippen LogP contribution >= 0.6 is 11.3 Å². The minimum absolute atomic E-state index is 0.112. The maximum absolute atomic E-state index is 11.1. The molecule has 0 bridgehead atoms. The summed E-state index contributed by atoms with van der Waals surface area (Å²) < 4.78 is 0. The molecule has 2 aromatic rings. The number of hydrogen-bond donors (Lipinski definition) is 3. The maximum atomic E-state index is 11.1. The molecular formula is C27H32N2O3S. The summed E-state index contributed by atoms with van der Waals surface area (Å²) in [5.41, 5.74) is 4.15. The number of hydrogen-bond acceptors (Lipinski definition) is 5. The van der Waals surface area contributed by atoms with Crippen LogP contribution in [-0.4, -0.2) is 27.3 Å². The molecule has 0 unspecified atom stereocenters. The topological polar surface area (TPSA) is 82.5 Å². The third-order valence-electron chi connectivity index (χ3n) is 9.62. The minimum atomic E-state index is -0.914. The number of carboxylic acid groups (broad SMARTS) is 1. The monoisotopic (exact) mass is 464 g/mol. The van der Waals surface area contributed by atoms with Crippen molar-refractivity contribution in [2.24, 2.45) is 28.6 Å². The zero-order valence-corrected chi connectivity index (χ0v) is 20.1. The first-order chi connectivity index (χ1) is 15.8. The molecule has 1 heterocycles. The lowest BCUT2D eigenvalue weighted by atomic mass is 9.48. The molecule has 33 heavy (non-hydrogen) atoms. The fourth-order valence-electron chi connectivity index (χ4n) is 7.72. The molecule has 4 aliphatic carbocycles. The average molecular weight is 465 g/mol. The predicted octanol–water partition coefficient (Wildman–Crippen LogP) is 6.13. The van der Waals surface area contributed by atoms with Crippen molar-refractivity contribution in [2.45, 2.75) is 64.9 Å². The van der Waals surface area contributed by atoms with Gasteiger partial charge in [0.15, 0.2) is 5.13 Å². The van der Waals surface area contributed by atoms with Gasteiger partial charge in [0.05, 0.1) is 22.2 Å². The van der Waals surface area contributed by atoms with Gasteiger partial charge in [-0.3, -0.25) is 0 Å². The molecule has 2 fully saturated rings. The van der Waals surface area contributed by atoms with E-state index in [-0.39, 0.29) is 22.5 Å². The highest BCUT2D eigenvalue weighted by atomic mass is 32.1. The van der Waals surface area contributed by atoms with Gasteiger partial charge in [-0.05, 0) is 103 Å². The van der Waals surface area contributed by atoms with Crippen molar-refractivity contribution >= 4 is 33.7 Å². The number of anilines is 2. The third kappa shape index (κ3) is 3.13. The summed E-state index contributed by atoms with van der Waals surface area (Å²) in [7, 11) is 0. The molecule has 6 atom stereocenters. The Bertz CT molecular complexity index is 1140. The van der Waals surface area contributed by atoms with Crippen LogP contribution < -0.4 is 5.32 Å². The summed E-state index contributed by atoms with van der Waals surface area (Å²) in [5.74, 6) is 1.11. The van der Waals surface area contributed by atoms with Crippen LogP contribution in [0.2, 0.25) is 0 Å². The Morgan fingerprint density at radius 1 is 1.12 bits per heavy atom. The van der Waals surface area contributed by atoms with Crippen LogP contribution in [0.5, 0.6) is 0 Å². The van der Waals surface area contributed by atoms with Gasteiger partial charge in [0.25, 0.3) is 0 Å². The van der Waals surface area contributed by atoms with Gasteiger partial charge in [0.1, 0.15) is 0 Å². The number of fused-ring (bicyclic) bond motifs is 7. The van der Waals surface area contributed by atoms with Gasteiger partial charge < -0.3 is 15.5 Å². The zero-order chi connectivity index (χ0) is 23.0. The molecule has 0 amide bonds. The fourth-order valence-corrected chi connectivity index (χ4v) is 8.93. The van der Waals surface area contributed by atoms with Crippen LogP contribution in [0, 0.1) is 28.6 Å². The van der Waals surface area contributed by atoms with E-state index in [0.717, 1.165) is 42.9 Å². The van der Waals surface area contributed by atoms with Crippen LogP contribution in [0.15, 0.2) is 30.3 Å². The summed E-state index contributed by atoms with van der Waals surface area (Å²) >= 11 is 1.74. The number of nitrogens with one attached hydrogen (secondary N) is 1. The molecule has 174 valence electrons. The van der Waals surface area contributed by atoms with Crippen molar-refractivity contribution in [3.05, 3.63) is 46.5 Å². The van der Waals surface area contributed by atoms with E-state index in [1.54, 1.807) is 35.6 Å². The number of thiazole rings is 1. The van der Waals surface area contributed by atoms with Gasteiger partial charge in [-0.2, -0.15) is 0 Å². The second-order valence-corrected chi connectivity index (χ2v) is 12.1. The number of aliphatic hydroxyl groups excluding tert-OH is 1. The van der Waals surface area contributed by atoms with Crippen molar-refractivity contribution in [3.63, 3.8) is 0 Å². The summed E-state index contributed by atoms with van der Waals surface area (Å²) in [5, 5.41) is 24.1. The Balaban J connectivity index is 1.29. The summed E-state index contributed by atoms with van der Waals surface area (Å²) in [4.78, 5) is 17.4. The molecule has 0 aliphatic heterocycles. The van der Waals surface area contributed by atoms with Gasteiger partial charge in [0, 0.05) is 5.69 Å². The van der Waals surface area contributed by atoms with Crippen molar-refractivity contribution in [1.82, 2.24) is 4.98 Å². The lowest BCUT2D eigenvalue weighted by molar-refractivity contribution is -0.0579. The number of carboxylic acids is 1. The molecule has 0 spiro atoms. The quantitative estimate of drug-likeness (QED) is 0.509. The number of aromatic carboxylic acids is 1. The summed E-state index contributed by atoms with van der Waals surface area (Å²) in [6.07, 6.45) is 10.2. The third-order valence-corrected chi connectivity index (χ3v) is 10.7. The van der Waals surface area contributed by atoms with Crippen LogP contribution in [-0.2, 0) is 6.42 Å². The molecule has 3 N–H and O–H groups in total. The molecule has 0 saturated heterocycles. The Morgan fingerprint density at radius 3 is 2.67 bits per heavy atom. The smallest absolute Gasteiger partial charge is 0.335 e. The Morgan fingerprint density at radius 2 is 1.91 bits per heavy atom. The van der Waals surface area contributed by atoms with Crippen LogP contribution in [0.4, 0.5) is 10.8 Å². The highest BCUT2D eigenvalue weighted by molar-refractivity contribution is 7.16. The Labute approximate surface area is 199 Å². The number of nitrogens with zero attached hydrogens (tertiary/aromatic N) is 1. The molecule has 4 aliphatic rings. The van der Waals surface area contributed by atoms with Gasteiger partial charge >= 0.3 is 5.97 Å². The first kappa shape index (κ1) is 21.4. The summed E-state index contributed by atoms with van der Waals surface area (Å²) in [6, 6.07) is 6.84. The van der Waals surface area contributed by atoms with E-state index in [1.165, 1.54) is 29.0 Å². The van der Waals surface area contributed by atoms with Gasteiger partial charge in [-0.15, -0.1) is 0 Å². The van der Waals surface area contributed by atoms with Crippen molar-refractivity contribution < 1.29 is 15.0 Å². The van der Waals surface area contributed by atoms with Gasteiger partial charge in [0.2, 0.25) is 0 Å².